The first-order chi connectivity index (χ1) is 6.70. The zero-order valence-electron chi connectivity index (χ0n) is 10.3. The Kier molecular flexibility index (Phi) is 2.91. The summed E-state index contributed by atoms with van der Waals surface area (Å²) in [6.45, 7) is 9.62. The number of rotatable bonds is 5. The second-order valence-electron chi connectivity index (χ2n) is 5.77. The summed E-state index contributed by atoms with van der Waals surface area (Å²) in [6, 6.07) is 0. The molecular weight excluding hydrogens is 168 g/mol. The average Bonchev–Trinajstić information content (AvgIpc) is 3.00. The summed E-state index contributed by atoms with van der Waals surface area (Å²) in [7, 11) is 0. The molecule has 2 rings (SSSR count). The Morgan fingerprint density at radius 3 is 1.21 bits per heavy atom. The van der Waals surface area contributed by atoms with E-state index in [2.05, 4.69) is 27.7 Å². The second-order valence-corrected chi connectivity index (χ2v) is 5.77. The van der Waals surface area contributed by atoms with Crippen molar-refractivity contribution in [1.29, 1.82) is 0 Å². The van der Waals surface area contributed by atoms with Gasteiger partial charge in [0.1, 0.15) is 0 Å². The summed E-state index contributed by atoms with van der Waals surface area (Å²) in [5.74, 6) is 6.48. The van der Waals surface area contributed by atoms with E-state index in [-0.39, 0.29) is 0 Å². The van der Waals surface area contributed by atoms with Crippen molar-refractivity contribution in [1.82, 2.24) is 0 Å². The van der Waals surface area contributed by atoms with Crippen molar-refractivity contribution in [3.05, 3.63) is 0 Å². The Morgan fingerprint density at radius 1 is 0.643 bits per heavy atom. The summed E-state index contributed by atoms with van der Waals surface area (Å²) in [5, 5.41) is 0. The molecule has 0 nitrogen and oxygen atoms in total. The van der Waals surface area contributed by atoms with Gasteiger partial charge in [0.25, 0.3) is 0 Å². The average molecular weight is 194 g/mol. The highest BCUT2D eigenvalue weighted by molar-refractivity contribution is 4.97. The van der Waals surface area contributed by atoms with Crippen LogP contribution in [-0.2, 0) is 0 Å². The first kappa shape index (κ1) is 10.5. The van der Waals surface area contributed by atoms with Crippen LogP contribution in [0.15, 0.2) is 0 Å². The van der Waals surface area contributed by atoms with Gasteiger partial charge in [0, 0.05) is 0 Å². The van der Waals surface area contributed by atoms with Crippen LogP contribution in [-0.4, -0.2) is 0 Å². The first-order valence-electron chi connectivity index (χ1n) is 6.70. The molecule has 6 atom stereocenters. The van der Waals surface area contributed by atoms with Gasteiger partial charge in [0.15, 0.2) is 0 Å². The minimum Gasteiger partial charge on any atom is -0.0651 e. The second kappa shape index (κ2) is 3.87. The van der Waals surface area contributed by atoms with Crippen molar-refractivity contribution in [3.8, 4) is 0 Å². The SMILES string of the molecule is CCC1C(C)C1CCC1C(C)C1CC. The fourth-order valence-electron chi connectivity index (χ4n) is 3.96. The monoisotopic (exact) mass is 194 g/mol. The van der Waals surface area contributed by atoms with Crippen LogP contribution in [0.5, 0.6) is 0 Å². The lowest BCUT2D eigenvalue weighted by molar-refractivity contribution is 0.531. The molecule has 2 saturated carbocycles. The van der Waals surface area contributed by atoms with Crippen LogP contribution in [0.1, 0.15) is 53.4 Å². The molecule has 0 radical (unpaired) electrons. The molecule has 2 aliphatic rings. The molecule has 0 N–H and O–H groups in total. The van der Waals surface area contributed by atoms with Crippen LogP contribution < -0.4 is 0 Å². The van der Waals surface area contributed by atoms with E-state index in [0.29, 0.717) is 0 Å². The van der Waals surface area contributed by atoms with Gasteiger partial charge in [-0.2, -0.15) is 0 Å². The van der Waals surface area contributed by atoms with E-state index in [0.717, 1.165) is 35.5 Å². The third kappa shape index (κ3) is 1.73. The lowest BCUT2D eigenvalue weighted by Gasteiger charge is -1.98. The van der Waals surface area contributed by atoms with Gasteiger partial charge in [-0.15, -0.1) is 0 Å². The molecule has 0 spiro atoms. The van der Waals surface area contributed by atoms with Gasteiger partial charge in [-0.05, 0) is 48.3 Å². The molecule has 0 bridgehead atoms. The number of hydrogen-bond donors (Lipinski definition) is 0. The molecule has 0 saturated heterocycles. The zero-order chi connectivity index (χ0) is 10.3. The maximum atomic E-state index is 2.45. The highest BCUT2D eigenvalue weighted by atomic mass is 14.5. The molecule has 0 heterocycles. The Bertz CT molecular complexity index is 174. The molecule has 0 aromatic carbocycles. The molecule has 0 heteroatoms. The fourth-order valence-corrected chi connectivity index (χ4v) is 3.96. The molecular formula is C14H26. The minimum atomic E-state index is 1.05. The van der Waals surface area contributed by atoms with E-state index in [9.17, 15) is 0 Å². The van der Waals surface area contributed by atoms with Crippen molar-refractivity contribution < 1.29 is 0 Å². The smallest absolute Gasteiger partial charge is 0.0355 e. The van der Waals surface area contributed by atoms with E-state index in [1.165, 1.54) is 25.7 Å². The maximum absolute atomic E-state index is 2.45. The highest BCUT2D eigenvalue weighted by Gasteiger charge is 2.48. The van der Waals surface area contributed by atoms with Crippen LogP contribution in [0.4, 0.5) is 0 Å². The molecule has 0 aliphatic heterocycles. The van der Waals surface area contributed by atoms with Gasteiger partial charge in [0.05, 0.1) is 0 Å². The molecule has 0 amide bonds. The molecule has 2 aliphatic carbocycles. The molecule has 6 unspecified atom stereocenters. The van der Waals surface area contributed by atoms with E-state index >= 15 is 0 Å². The summed E-state index contributed by atoms with van der Waals surface area (Å²) in [6.07, 6.45) is 5.91. The predicted molar refractivity (Wildman–Crippen MR) is 62.1 cm³/mol. The quantitative estimate of drug-likeness (QED) is 0.610. The summed E-state index contributed by atoms with van der Waals surface area (Å²) >= 11 is 0. The zero-order valence-corrected chi connectivity index (χ0v) is 10.3. The highest BCUT2D eigenvalue weighted by Crippen LogP contribution is 2.56. The van der Waals surface area contributed by atoms with E-state index in [1.54, 1.807) is 0 Å². The number of hydrogen-bond acceptors (Lipinski definition) is 0. The third-order valence-corrected chi connectivity index (χ3v) is 5.30. The predicted octanol–water partition coefficient (Wildman–Crippen LogP) is 4.35. The largest absolute Gasteiger partial charge is 0.0651 e. The van der Waals surface area contributed by atoms with Crippen molar-refractivity contribution in [2.45, 2.75) is 53.4 Å². The van der Waals surface area contributed by atoms with Gasteiger partial charge < -0.3 is 0 Å². The first-order valence-corrected chi connectivity index (χ1v) is 6.70. The minimum absolute atomic E-state index is 1.05. The molecule has 82 valence electrons. The summed E-state index contributed by atoms with van der Waals surface area (Å²) < 4.78 is 0. The van der Waals surface area contributed by atoms with Crippen molar-refractivity contribution in [2.75, 3.05) is 0 Å². The molecule has 0 aromatic rings. The third-order valence-electron chi connectivity index (χ3n) is 5.30. The van der Waals surface area contributed by atoms with Crippen LogP contribution in [0.3, 0.4) is 0 Å². The Morgan fingerprint density at radius 2 is 1.00 bits per heavy atom. The molecule has 14 heavy (non-hydrogen) atoms. The van der Waals surface area contributed by atoms with Crippen LogP contribution in [0, 0.1) is 35.5 Å². The lowest BCUT2D eigenvalue weighted by Crippen LogP contribution is -1.87. The van der Waals surface area contributed by atoms with Crippen molar-refractivity contribution >= 4 is 0 Å². The maximum Gasteiger partial charge on any atom is -0.0355 e. The van der Waals surface area contributed by atoms with E-state index in [4.69, 9.17) is 0 Å². The van der Waals surface area contributed by atoms with E-state index < -0.39 is 0 Å². The van der Waals surface area contributed by atoms with Gasteiger partial charge in [0.2, 0.25) is 0 Å². The van der Waals surface area contributed by atoms with Gasteiger partial charge >= 0.3 is 0 Å². The molecule has 2 fully saturated rings. The Hall–Kier alpha value is 0. The normalized spacial score (nSPS) is 50.6. The summed E-state index contributed by atoms with van der Waals surface area (Å²) in [5.41, 5.74) is 0. The van der Waals surface area contributed by atoms with Crippen molar-refractivity contribution in [3.63, 3.8) is 0 Å². The Labute approximate surface area is 89.5 Å². The lowest BCUT2D eigenvalue weighted by atomic mass is 10.1. The van der Waals surface area contributed by atoms with Crippen LogP contribution >= 0.6 is 0 Å². The standard InChI is InChI=1S/C14H26/c1-5-11-9(3)13(11)7-8-14-10(4)12(14)6-2/h9-14H,5-8H2,1-4H3. The fraction of sp³-hybridized carbons (Fsp3) is 1.00. The van der Waals surface area contributed by atoms with Gasteiger partial charge in [-0.3, -0.25) is 0 Å². The Balaban J connectivity index is 1.65. The topological polar surface area (TPSA) is 0 Å². The van der Waals surface area contributed by atoms with Gasteiger partial charge in [-0.1, -0.05) is 40.5 Å². The van der Waals surface area contributed by atoms with Crippen molar-refractivity contribution in [2.24, 2.45) is 35.5 Å². The van der Waals surface area contributed by atoms with Gasteiger partial charge in [-0.25, -0.2) is 0 Å². The van der Waals surface area contributed by atoms with Crippen LogP contribution in [0.25, 0.3) is 0 Å². The van der Waals surface area contributed by atoms with Crippen LogP contribution in [0.2, 0.25) is 0 Å². The molecule has 0 aromatic heterocycles. The van der Waals surface area contributed by atoms with E-state index in [1.807, 2.05) is 0 Å². The summed E-state index contributed by atoms with van der Waals surface area (Å²) in [4.78, 5) is 0.